The van der Waals surface area contributed by atoms with Gasteiger partial charge in [-0.3, -0.25) is 10.3 Å². The quantitative estimate of drug-likeness (QED) is 0.824. The Bertz CT molecular complexity index is 509. The summed E-state index contributed by atoms with van der Waals surface area (Å²) in [4.78, 5) is 19.0. The van der Waals surface area contributed by atoms with Crippen molar-refractivity contribution < 1.29 is 13.9 Å². The molecule has 0 radical (unpaired) electrons. The van der Waals surface area contributed by atoms with Gasteiger partial charge in [-0.1, -0.05) is 6.07 Å². The fraction of sp³-hybridized carbons (Fsp3) is 0.417. The van der Waals surface area contributed by atoms with Gasteiger partial charge < -0.3 is 4.74 Å². The number of halogens is 1. The predicted molar refractivity (Wildman–Crippen MR) is 61.8 cm³/mol. The molecule has 1 aromatic rings. The summed E-state index contributed by atoms with van der Waals surface area (Å²) in [6, 6.07) is 3.06. The molecule has 1 saturated carbocycles. The van der Waals surface area contributed by atoms with Crippen LogP contribution < -0.4 is 5.32 Å². The lowest BCUT2D eigenvalue weighted by Gasteiger charge is -2.10. The van der Waals surface area contributed by atoms with Crippen LogP contribution in [0.25, 0.3) is 0 Å². The molecule has 1 aliphatic carbocycles. The molecule has 2 fully saturated rings. The van der Waals surface area contributed by atoms with E-state index in [-0.39, 0.29) is 12.1 Å². The summed E-state index contributed by atoms with van der Waals surface area (Å²) in [5, 5.41) is 2.56. The second-order valence-electron chi connectivity index (χ2n) is 4.65. The van der Waals surface area contributed by atoms with Crippen LogP contribution in [0.5, 0.6) is 0 Å². The number of rotatable bonds is 3. The summed E-state index contributed by atoms with van der Waals surface area (Å²) < 4.78 is 17.5. The van der Waals surface area contributed by atoms with E-state index in [2.05, 4.69) is 15.3 Å². The maximum atomic E-state index is 12.7. The summed E-state index contributed by atoms with van der Waals surface area (Å²) in [5.74, 6) is 0.0962. The van der Waals surface area contributed by atoms with Gasteiger partial charge in [0.05, 0.1) is 5.54 Å². The molecule has 1 aliphatic heterocycles. The Morgan fingerprint density at radius 3 is 2.89 bits per heavy atom. The van der Waals surface area contributed by atoms with Crippen LogP contribution in [0.2, 0.25) is 0 Å². The lowest BCUT2D eigenvalue weighted by molar-refractivity contribution is 0.180. The number of carbonyl (C=O) groups excluding carboxylic acids is 1. The number of amides is 1. The summed E-state index contributed by atoms with van der Waals surface area (Å²) in [6.45, 7) is 0.211. The number of cyclic esters (lactones) is 1. The molecular formula is C12H12FN3O2. The second-order valence-corrected chi connectivity index (χ2v) is 4.65. The first-order chi connectivity index (χ1) is 8.65. The first-order valence-corrected chi connectivity index (χ1v) is 5.78. The molecule has 0 bridgehead atoms. The molecule has 0 unspecified atom stereocenters. The lowest BCUT2D eigenvalue weighted by Crippen LogP contribution is -2.24. The lowest BCUT2D eigenvalue weighted by atomic mass is 10.1. The van der Waals surface area contributed by atoms with Crippen LogP contribution in [0.4, 0.5) is 9.18 Å². The van der Waals surface area contributed by atoms with Gasteiger partial charge in [-0.05, 0) is 30.9 Å². The monoisotopic (exact) mass is 249 g/mol. The molecule has 18 heavy (non-hydrogen) atoms. The molecule has 0 atom stereocenters. The fourth-order valence-corrected chi connectivity index (χ4v) is 2.03. The van der Waals surface area contributed by atoms with Crippen LogP contribution in [0, 0.1) is 5.95 Å². The highest BCUT2D eigenvalue weighted by molar-refractivity contribution is 6.01. The van der Waals surface area contributed by atoms with Crippen molar-refractivity contribution in [1.29, 1.82) is 0 Å². The van der Waals surface area contributed by atoms with Gasteiger partial charge in [-0.15, -0.1) is 0 Å². The highest BCUT2D eigenvalue weighted by Crippen LogP contribution is 2.42. The van der Waals surface area contributed by atoms with Crippen LogP contribution in [-0.2, 0) is 11.2 Å². The molecule has 0 spiro atoms. The molecule has 94 valence electrons. The third kappa shape index (κ3) is 2.32. The van der Waals surface area contributed by atoms with Gasteiger partial charge in [0, 0.05) is 6.20 Å². The summed E-state index contributed by atoms with van der Waals surface area (Å²) in [5.41, 5.74) is 0.777. The number of hydrogen-bond donors (Lipinski definition) is 1. The van der Waals surface area contributed by atoms with Crippen LogP contribution in [0.1, 0.15) is 18.4 Å². The third-order valence-electron chi connectivity index (χ3n) is 3.11. The van der Waals surface area contributed by atoms with E-state index in [1.807, 2.05) is 0 Å². The Morgan fingerprint density at radius 2 is 2.33 bits per heavy atom. The molecule has 1 saturated heterocycles. The van der Waals surface area contributed by atoms with Gasteiger partial charge in [-0.25, -0.2) is 9.78 Å². The van der Waals surface area contributed by atoms with E-state index in [4.69, 9.17) is 4.74 Å². The van der Waals surface area contributed by atoms with E-state index in [1.165, 1.54) is 12.3 Å². The van der Waals surface area contributed by atoms with Gasteiger partial charge in [0.25, 0.3) is 0 Å². The molecule has 1 aromatic heterocycles. The summed E-state index contributed by atoms with van der Waals surface area (Å²) in [7, 11) is 0. The van der Waals surface area contributed by atoms with Gasteiger partial charge in [0.1, 0.15) is 5.84 Å². The molecule has 3 rings (SSSR count). The Morgan fingerprint density at radius 1 is 1.50 bits per heavy atom. The predicted octanol–water partition coefficient (Wildman–Crippen LogP) is 1.43. The zero-order valence-electron chi connectivity index (χ0n) is 9.65. The van der Waals surface area contributed by atoms with E-state index in [0.717, 1.165) is 18.4 Å². The highest BCUT2D eigenvalue weighted by atomic mass is 19.1. The SMILES string of the molecule is O=C1NC(=NC2(Cc3ccc(F)nc3)CC2)CO1. The van der Waals surface area contributed by atoms with Crippen molar-refractivity contribution in [3.8, 4) is 0 Å². The number of nitrogens with zero attached hydrogens (tertiary/aromatic N) is 2. The van der Waals surface area contributed by atoms with Crippen molar-refractivity contribution in [3.05, 3.63) is 29.8 Å². The van der Waals surface area contributed by atoms with E-state index in [9.17, 15) is 9.18 Å². The number of aliphatic imine (C=N–C) groups is 1. The Kier molecular flexibility index (Phi) is 2.50. The average Bonchev–Trinajstić information content (AvgIpc) is 2.97. The number of ether oxygens (including phenoxy) is 1. The second kappa shape index (κ2) is 4.04. The van der Waals surface area contributed by atoms with Crippen molar-refractivity contribution in [1.82, 2.24) is 10.3 Å². The van der Waals surface area contributed by atoms with E-state index in [0.29, 0.717) is 12.3 Å². The number of pyridine rings is 1. The van der Waals surface area contributed by atoms with Crippen LogP contribution in [-0.4, -0.2) is 29.1 Å². The maximum Gasteiger partial charge on any atom is 0.413 e. The molecule has 5 nitrogen and oxygen atoms in total. The Labute approximate surface area is 103 Å². The molecule has 6 heteroatoms. The first-order valence-electron chi connectivity index (χ1n) is 5.78. The molecule has 2 aliphatic rings. The van der Waals surface area contributed by atoms with Gasteiger partial charge in [-0.2, -0.15) is 4.39 Å². The number of hydrogen-bond acceptors (Lipinski definition) is 4. The minimum Gasteiger partial charge on any atom is -0.441 e. The van der Waals surface area contributed by atoms with Gasteiger partial charge in [0.15, 0.2) is 6.61 Å². The standard InChI is InChI=1S/C12H12FN3O2/c13-9-2-1-8(6-14-9)5-12(3-4-12)16-10-7-18-11(17)15-10/h1-2,6H,3-5,7H2,(H,15,16,17). The zero-order valence-corrected chi connectivity index (χ0v) is 9.65. The maximum absolute atomic E-state index is 12.7. The molecular weight excluding hydrogens is 237 g/mol. The number of amidine groups is 1. The third-order valence-corrected chi connectivity index (χ3v) is 3.11. The van der Waals surface area contributed by atoms with Crippen molar-refractivity contribution in [3.63, 3.8) is 0 Å². The van der Waals surface area contributed by atoms with Crippen molar-refractivity contribution in [2.24, 2.45) is 4.99 Å². The molecule has 1 N–H and O–H groups in total. The van der Waals surface area contributed by atoms with E-state index >= 15 is 0 Å². The number of carbonyl (C=O) groups is 1. The van der Waals surface area contributed by atoms with Crippen LogP contribution in [0.15, 0.2) is 23.3 Å². The topological polar surface area (TPSA) is 63.6 Å². The van der Waals surface area contributed by atoms with E-state index in [1.54, 1.807) is 6.07 Å². The largest absolute Gasteiger partial charge is 0.441 e. The van der Waals surface area contributed by atoms with Crippen LogP contribution >= 0.6 is 0 Å². The Hall–Kier alpha value is -1.98. The van der Waals surface area contributed by atoms with Crippen LogP contribution in [0.3, 0.4) is 0 Å². The van der Waals surface area contributed by atoms with Gasteiger partial charge >= 0.3 is 6.09 Å². The number of aromatic nitrogens is 1. The molecule has 2 heterocycles. The summed E-state index contributed by atoms with van der Waals surface area (Å²) in [6.07, 6.45) is 3.71. The fourth-order valence-electron chi connectivity index (χ4n) is 2.03. The Balaban J connectivity index is 1.72. The van der Waals surface area contributed by atoms with E-state index < -0.39 is 12.0 Å². The van der Waals surface area contributed by atoms with Gasteiger partial charge in [0.2, 0.25) is 5.95 Å². The van der Waals surface area contributed by atoms with Crippen molar-refractivity contribution in [2.45, 2.75) is 24.8 Å². The van der Waals surface area contributed by atoms with Crippen molar-refractivity contribution >= 4 is 11.9 Å². The molecule has 0 aromatic carbocycles. The minimum absolute atomic E-state index is 0.171. The smallest absolute Gasteiger partial charge is 0.413 e. The molecule has 1 amide bonds. The minimum atomic E-state index is -0.480. The first kappa shape index (κ1) is 11.1. The highest BCUT2D eigenvalue weighted by Gasteiger charge is 2.43. The normalized spacial score (nSPS) is 22.7. The number of alkyl carbamates (subject to hydrolysis) is 1. The van der Waals surface area contributed by atoms with Crippen molar-refractivity contribution in [2.75, 3.05) is 6.61 Å². The summed E-state index contributed by atoms with van der Waals surface area (Å²) >= 11 is 0. The number of nitrogens with one attached hydrogen (secondary N) is 1. The average molecular weight is 249 g/mol. The zero-order chi connectivity index (χ0) is 12.6.